The summed E-state index contributed by atoms with van der Waals surface area (Å²) < 4.78 is 3.55. The average molecular weight is 408 g/mol. The highest BCUT2D eigenvalue weighted by atomic mass is 35.5. The van der Waals surface area contributed by atoms with Crippen molar-refractivity contribution >= 4 is 34.5 Å². The zero-order chi connectivity index (χ0) is 18.7. The molecule has 3 aromatic rings. The van der Waals surface area contributed by atoms with Crippen molar-refractivity contribution in [3.05, 3.63) is 69.6 Å². The number of aryl methyl sites for hydroxylation is 1. The Hall–Kier alpha value is -3.04. The van der Waals surface area contributed by atoms with Gasteiger partial charge in [0.25, 0.3) is 5.69 Å². The lowest BCUT2D eigenvalue weighted by molar-refractivity contribution is -0.671. The van der Waals surface area contributed by atoms with E-state index in [0.29, 0.717) is 23.7 Å². The van der Waals surface area contributed by atoms with E-state index in [2.05, 4.69) is 15.3 Å². The van der Waals surface area contributed by atoms with E-state index in [1.54, 1.807) is 4.68 Å². The van der Waals surface area contributed by atoms with Crippen LogP contribution in [0.5, 0.6) is 0 Å². The number of nitrogens with zero attached hydrogens (tertiary/aromatic N) is 6. The third kappa shape index (κ3) is 4.78. The van der Waals surface area contributed by atoms with Gasteiger partial charge < -0.3 is 18.1 Å². The van der Waals surface area contributed by atoms with Crippen molar-refractivity contribution in [2.24, 2.45) is 17.3 Å². The number of nitro groups is 1. The number of aromatic nitrogens is 3. The number of non-ortho nitro benzene ring substituents is 1. The number of nitrogen functional groups attached to an aromatic ring is 1. The summed E-state index contributed by atoms with van der Waals surface area (Å²) in [5.74, 6) is 0.361. The molecule has 9 nitrogen and oxygen atoms in total. The van der Waals surface area contributed by atoms with Crippen molar-refractivity contribution in [2.45, 2.75) is 6.54 Å². The Morgan fingerprint density at radius 2 is 1.93 bits per heavy atom. The van der Waals surface area contributed by atoms with Crippen LogP contribution in [0.15, 0.2) is 59.2 Å². The molecule has 2 N–H and O–H groups in total. The molecule has 0 aliphatic carbocycles. The van der Waals surface area contributed by atoms with E-state index in [1.165, 1.54) is 24.4 Å². The van der Waals surface area contributed by atoms with Gasteiger partial charge >= 0.3 is 0 Å². The predicted molar refractivity (Wildman–Crippen MR) is 95.6 cm³/mol. The molecule has 140 valence electrons. The second kappa shape index (κ2) is 8.56. The number of anilines is 1. The molecule has 0 saturated carbocycles. The van der Waals surface area contributed by atoms with Gasteiger partial charge in [0.05, 0.1) is 22.7 Å². The van der Waals surface area contributed by atoms with E-state index >= 15 is 0 Å². The summed E-state index contributed by atoms with van der Waals surface area (Å²) in [6.07, 6.45) is 5.37. The summed E-state index contributed by atoms with van der Waals surface area (Å²) in [6.45, 7) is 0.500. The Kier molecular flexibility index (Phi) is 6.43. The Morgan fingerprint density at radius 3 is 2.56 bits per heavy atom. The summed E-state index contributed by atoms with van der Waals surface area (Å²) >= 11 is 5.99. The van der Waals surface area contributed by atoms with Crippen LogP contribution in [-0.4, -0.2) is 14.7 Å². The molecular weight excluding hydrogens is 393 g/mol. The van der Waals surface area contributed by atoms with E-state index in [0.717, 1.165) is 5.56 Å². The minimum absolute atomic E-state index is 0. The smallest absolute Gasteiger partial charge is 0.271 e. The molecule has 0 unspecified atom stereocenters. The first kappa shape index (κ1) is 20.3. The summed E-state index contributed by atoms with van der Waals surface area (Å²) in [4.78, 5) is 10.2. The Balaban J connectivity index is 0.00000261. The molecule has 0 spiro atoms. The first-order valence-corrected chi connectivity index (χ1v) is 7.93. The van der Waals surface area contributed by atoms with Crippen LogP contribution in [0, 0.1) is 10.1 Å². The average Bonchev–Trinajstić information content (AvgIpc) is 2.96. The molecule has 2 aromatic heterocycles. The highest BCUT2D eigenvalue weighted by molar-refractivity contribution is 6.33. The van der Waals surface area contributed by atoms with Crippen molar-refractivity contribution in [2.75, 3.05) is 5.73 Å². The van der Waals surface area contributed by atoms with Crippen molar-refractivity contribution in [1.82, 2.24) is 9.78 Å². The second-order valence-electron chi connectivity index (χ2n) is 5.54. The Labute approximate surface area is 165 Å². The van der Waals surface area contributed by atoms with Gasteiger partial charge in [-0.25, -0.2) is 9.25 Å². The maximum Gasteiger partial charge on any atom is 0.271 e. The largest absolute Gasteiger partial charge is 1.00 e. The summed E-state index contributed by atoms with van der Waals surface area (Å²) in [6, 6.07) is 7.90. The summed E-state index contributed by atoms with van der Waals surface area (Å²) in [5.41, 5.74) is 7.69. The van der Waals surface area contributed by atoms with Crippen LogP contribution in [0.3, 0.4) is 0 Å². The maximum absolute atomic E-state index is 10.7. The number of azo groups is 1. The molecule has 11 heteroatoms. The maximum atomic E-state index is 10.7. The van der Waals surface area contributed by atoms with E-state index in [9.17, 15) is 10.1 Å². The van der Waals surface area contributed by atoms with Gasteiger partial charge in [0.1, 0.15) is 24.2 Å². The highest BCUT2D eigenvalue weighted by Gasteiger charge is 2.11. The lowest BCUT2D eigenvalue weighted by Gasteiger charge is -2.03. The quantitative estimate of drug-likeness (QED) is 0.283. The summed E-state index contributed by atoms with van der Waals surface area (Å²) in [7, 11) is 1.94. The number of nitrogens with two attached hydrogens (primary N) is 1. The first-order chi connectivity index (χ1) is 12.4. The third-order valence-electron chi connectivity index (χ3n) is 3.65. The number of nitro benzene ring substituents is 1. The molecule has 1 aromatic carbocycles. The fourth-order valence-corrected chi connectivity index (χ4v) is 2.41. The minimum Gasteiger partial charge on any atom is -1.00 e. The molecule has 0 atom stereocenters. The normalized spacial score (nSPS) is 10.7. The van der Waals surface area contributed by atoms with Gasteiger partial charge in [0.15, 0.2) is 12.4 Å². The molecular formula is C16H15Cl2N7O2. The van der Waals surface area contributed by atoms with E-state index in [4.69, 9.17) is 17.3 Å². The molecule has 27 heavy (non-hydrogen) atoms. The van der Waals surface area contributed by atoms with Gasteiger partial charge in [0, 0.05) is 24.3 Å². The highest BCUT2D eigenvalue weighted by Crippen LogP contribution is 2.31. The van der Waals surface area contributed by atoms with Gasteiger partial charge in [-0.3, -0.25) is 10.1 Å². The SMILES string of the molecule is C[n+]1ccc(Cn2ncc(N=Nc3ccc([N+](=O)[O-])cc3Cl)c2N)cc1.[Cl-]. The predicted octanol–water partition coefficient (Wildman–Crippen LogP) is 0.319. The fourth-order valence-electron chi connectivity index (χ4n) is 2.20. The summed E-state index contributed by atoms with van der Waals surface area (Å²) in [5, 5.41) is 23.1. The van der Waals surface area contributed by atoms with Gasteiger partial charge in [-0.1, -0.05) is 11.6 Å². The standard InChI is InChI=1S/C16H15ClN7O2.ClH/c1-22-6-4-11(5-7-22)10-23-16(18)15(9-19-23)21-20-14-3-2-12(24(25)26)8-13(14)17;/h2-9H,10,18H2,1H3;1H/q+1;/p-1. The fraction of sp³-hybridized carbons (Fsp3) is 0.125. The van der Waals surface area contributed by atoms with Crippen LogP contribution in [0.1, 0.15) is 5.56 Å². The number of halogens is 2. The third-order valence-corrected chi connectivity index (χ3v) is 3.95. The van der Waals surface area contributed by atoms with Gasteiger partial charge in [-0.2, -0.15) is 5.10 Å². The minimum atomic E-state index is -0.529. The lowest BCUT2D eigenvalue weighted by atomic mass is 10.3. The topological polar surface area (TPSA) is 116 Å². The van der Waals surface area contributed by atoms with E-state index < -0.39 is 4.92 Å². The Morgan fingerprint density at radius 1 is 1.26 bits per heavy atom. The zero-order valence-electron chi connectivity index (χ0n) is 14.2. The molecule has 0 bridgehead atoms. The number of hydrogen-bond acceptors (Lipinski definition) is 6. The lowest BCUT2D eigenvalue weighted by Crippen LogP contribution is -3.00. The molecule has 0 amide bonds. The van der Waals surface area contributed by atoms with Crippen molar-refractivity contribution in [3.63, 3.8) is 0 Å². The number of rotatable bonds is 5. The van der Waals surface area contributed by atoms with Crippen LogP contribution in [0.25, 0.3) is 0 Å². The molecule has 2 heterocycles. The van der Waals surface area contributed by atoms with Crippen LogP contribution in [0.4, 0.5) is 22.9 Å². The van der Waals surface area contributed by atoms with Gasteiger partial charge in [0.2, 0.25) is 0 Å². The Bertz CT molecular complexity index is 987. The van der Waals surface area contributed by atoms with Crippen LogP contribution < -0.4 is 22.7 Å². The molecule has 3 rings (SSSR count). The number of benzene rings is 1. The van der Waals surface area contributed by atoms with E-state index in [1.807, 2.05) is 36.1 Å². The van der Waals surface area contributed by atoms with Gasteiger partial charge in [-0.15, -0.1) is 10.2 Å². The van der Waals surface area contributed by atoms with Crippen molar-refractivity contribution < 1.29 is 21.9 Å². The number of pyridine rings is 1. The number of hydrogen-bond donors (Lipinski definition) is 1. The van der Waals surface area contributed by atoms with E-state index in [-0.39, 0.29) is 23.1 Å². The molecule has 0 saturated heterocycles. The van der Waals surface area contributed by atoms with Crippen LogP contribution in [0.2, 0.25) is 5.02 Å². The van der Waals surface area contributed by atoms with Gasteiger partial charge in [-0.05, 0) is 11.6 Å². The molecule has 0 aliphatic heterocycles. The van der Waals surface area contributed by atoms with Crippen LogP contribution in [-0.2, 0) is 13.6 Å². The van der Waals surface area contributed by atoms with Crippen LogP contribution >= 0.6 is 11.6 Å². The van der Waals surface area contributed by atoms with Crippen molar-refractivity contribution in [3.8, 4) is 0 Å². The monoisotopic (exact) mass is 407 g/mol. The van der Waals surface area contributed by atoms with Crippen molar-refractivity contribution in [1.29, 1.82) is 0 Å². The second-order valence-corrected chi connectivity index (χ2v) is 5.94. The molecule has 0 radical (unpaired) electrons. The zero-order valence-corrected chi connectivity index (χ0v) is 15.7. The molecule has 0 fully saturated rings. The first-order valence-electron chi connectivity index (χ1n) is 7.55. The molecule has 0 aliphatic rings.